The van der Waals surface area contributed by atoms with Crippen LogP contribution in [0.5, 0.6) is 0 Å². The van der Waals surface area contributed by atoms with E-state index in [1.807, 2.05) is 0 Å². The standard InChI is InChI=1S/C15H18O6/c1-8-7-9(16)21-13(2)10(8)14(11(17)19-3)5-6-15(13,14)12(18)20-4/h7,10H,5-6H2,1-4H3. The van der Waals surface area contributed by atoms with Crippen molar-refractivity contribution in [2.45, 2.75) is 32.3 Å². The Morgan fingerprint density at radius 3 is 2.33 bits per heavy atom. The lowest BCUT2D eigenvalue weighted by Crippen LogP contribution is -2.87. The van der Waals surface area contributed by atoms with Gasteiger partial charge < -0.3 is 14.2 Å². The average molecular weight is 294 g/mol. The second kappa shape index (κ2) is 3.87. The Hall–Kier alpha value is -1.85. The fourth-order valence-electron chi connectivity index (χ4n) is 5.08. The molecule has 0 N–H and O–H groups in total. The zero-order valence-corrected chi connectivity index (χ0v) is 12.5. The van der Waals surface area contributed by atoms with Crippen molar-refractivity contribution in [1.82, 2.24) is 0 Å². The van der Waals surface area contributed by atoms with Crippen molar-refractivity contribution in [1.29, 1.82) is 0 Å². The molecule has 0 aromatic rings. The number of carbonyl (C=O) groups is 3. The number of methoxy groups -OCH3 is 2. The highest BCUT2D eigenvalue weighted by atomic mass is 16.6. The van der Waals surface area contributed by atoms with Crippen LogP contribution in [0.25, 0.3) is 0 Å². The maximum absolute atomic E-state index is 12.4. The summed E-state index contributed by atoms with van der Waals surface area (Å²) in [6, 6.07) is 0. The summed E-state index contributed by atoms with van der Waals surface area (Å²) in [6.07, 6.45) is 2.36. The number of rotatable bonds is 2. The minimum absolute atomic E-state index is 0.344. The Kier molecular flexibility index (Phi) is 2.60. The molecule has 0 radical (unpaired) electrons. The van der Waals surface area contributed by atoms with Crippen molar-refractivity contribution >= 4 is 17.9 Å². The molecule has 2 aliphatic carbocycles. The van der Waals surface area contributed by atoms with Gasteiger partial charge in [0.25, 0.3) is 0 Å². The molecule has 1 heterocycles. The summed E-state index contributed by atoms with van der Waals surface area (Å²) in [4.78, 5) is 36.6. The molecule has 0 aromatic carbocycles. The van der Waals surface area contributed by atoms with Crippen LogP contribution in [-0.2, 0) is 28.6 Å². The summed E-state index contributed by atoms with van der Waals surface area (Å²) < 4.78 is 15.4. The number of esters is 3. The maximum atomic E-state index is 12.4. The normalized spacial score (nSPS) is 43.1. The van der Waals surface area contributed by atoms with E-state index in [2.05, 4.69) is 0 Å². The lowest BCUT2D eigenvalue weighted by molar-refractivity contribution is -0.340. The first-order valence-corrected chi connectivity index (χ1v) is 6.90. The molecular weight excluding hydrogens is 276 g/mol. The Morgan fingerprint density at radius 2 is 1.86 bits per heavy atom. The maximum Gasteiger partial charge on any atom is 0.331 e. The highest BCUT2D eigenvalue weighted by Crippen LogP contribution is 2.81. The van der Waals surface area contributed by atoms with Crippen molar-refractivity contribution in [3.63, 3.8) is 0 Å². The van der Waals surface area contributed by atoms with Gasteiger partial charge in [0.2, 0.25) is 0 Å². The molecule has 2 fully saturated rings. The SMILES string of the molecule is COC(=O)C12CCC1(C(=O)OC)C1(C)OC(=O)C=C(C)C12. The van der Waals surface area contributed by atoms with E-state index in [0.717, 1.165) is 5.57 Å². The van der Waals surface area contributed by atoms with Gasteiger partial charge in [-0.3, -0.25) is 9.59 Å². The van der Waals surface area contributed by atoms with Crippen LogP contribution in [0.3, 0.4) is 0 Å². The molecule has 2 saturated carbocycles. The molecule has 1 aliphatic heterocycles. The molecule has 21 heavy (non-hydrogen) atoms. The van der Waals surface area contributed by atoms with Gasteiger partial charge in [-0.2, -0.15) is 0 Å². The van der Waals surface area contributed by atoms with Gasteiger partial charge in [-0.1, -0.05) is 5.57 Å². The number of hydrogen-bond acceptors (Lipinski definition) is 6. The number of fused-ring (bicyclic) bond motifs is 4. The second-order valence-corrected chi connectivity index (χ2v) is 6.21. The molecule has 0 amide bonds. The smallest absolute Gasteiger partial charge is 0.331 e. The van der Waals surface area contributed by atoms with Crippen molar-refractivity contribution in [2.75, 3.05) is 14.2 Å². The van der Waals surface area contributed by atoms with Crippen LogP contribution in [0.15, 0.2) is 11.6 Å². The summed E-state index contributed by atoms with van der Waals surface area (Å²) in [5.41, 5.74) is -2.43. The Labute approximate surface area is 122 Å². The molecular formula is C15H18O6. The van der Waals surface area contributed by atoms with E-state index in [1.165, 1.54) is 20.3 Å². The molecule has 6 heteroatoms. The molecule has 0 saturated heterocycles. The van der Waals surface area contributed by atoms with Crippen LogP contribution in [0.2, 0.25) is 0 Å². The van der Waals surface area contributed by atoms with E-state index < -0.39 is 34.3 Å². The van der Waals surface area contributed by atoms with Crippen LogP contribution in [0.1, 0.15) is 26.7 Å². The zero-order chi connectivity index (χ0) is 15.6. The van der Waals surface area contributed by atoms with E-state index >= 15 is 0 Å². The molecule has 3 rings (SSSR count). The van der Waals surface area contributed by atoms with E-state index in [0.29, 0.717) is 12.8 Å². The lowest BCUT2D eigenvalue weighted by atomic mass is 9.25. The number of hydrogen-bond donors (Lipinski definition) is 0. The van der Waals surface area contributed by atoms with Crippen LogP contribution < -0.4 is 0 Å². The fourth-order valence-corrected chi connectivity index (χ4v) is 5.08. The van der Waals surface area contributed by atoms with Gasteiger partial charge in [-0.05, 0) is 26.7 Å². The van der Waals surface area contributed by atoms with Gasteiger partial charge in [0, 0.05) is 12.0 Å². The molecule has 114 valence electrons. The minimum atomic E-state index is -1.14. The Bertz CT molecular complexity index is 593. The average Bonchev–Trinajstić information content (AvgIpc) is 2.40. The number of ether oxygens (including phenoxy) is 3. The Morgan fingerprint density at radius 1 is 1.24 bits per heavy atom. The number of carbonyl (C=O) groups excluding carboxylic acids is 3. The molecule has 3 aliphatic rings. The van der Waals surface area contributed by atoms with E-state index in [1.54, 1.807) is 13.8 Å². The molecule has 4 unspecified atom stereocenters. The quantitative estimate of drug-likeness (QED) is 0.558. The second-order valence-electron chi connectivity index (χ2n) is 6.21. The predicted molar refractivity (Wildman–Crippen MR) is 69.9 cm³/mol. The topological polar surface area (TPSA) is 78.9 Å². The monoisotopic (exact) mass is 294 g/mol. The van der Waals surface area contributed by atoms with Crippen LogP contribution in [0, 0.1) is 16.7 Å². The molecule has 0 aromatic heterocycles. The lowest BCUT2D eigenvalue weighted by Gasteiger charge is -2.76. The zero-order valence-electron chi connectivity index (χ0n) is 12.5. The van der Waals surface area contributed by atoms with Crippen LogP contribution in [-0.4, -0.2) is 37.7 Å². The van der Waals surface area contributed by atoms with Gasteiger partial charge in [0.1, 0.15) is 11.0 Å². The van der Waals surface area contributed by atoms with Crippen molar-refractivity contribution in [3.05, 3.63) is 11.6 Å². The van der Waals surface area contributed by atoms with Crippen molar-refractivity contribution in [3.8, 4) is 0 Å². The van der Waals surface area contributed by atoms with Crippen LogP contribution >= 0.6 is 0 Å². The molecule has 0 spiro atoms. The highest BCUT2D eigenvalue weighted by Gasteiger charge is 2.92. The summed E-state index contributed by atoms with van der Waals surface area (Å²) in [5.74, 6) is -1.78. The third-order valence-electron chi connectivity index (χ3n) is 5.74. The first-order chi connectivity index (χ1) is 9.81. The van der Waals surface area contributed by atoms with E-state index in [9.17, 15) is 14.4 Å². The van der Waals surface area contributed by atoms with Gasteiger partial charge in [-0.25, -0.2) is 4.79 Å². The predicted octanol–water partition coefficient (Wildman–Crippen LogP) is 0.991. The van der Waals surface area contributed by atoms with Crippen LogP contribution in [0.4, 0.5) is 0 Å². The third kappa shape index (κ3) is 1.15. The van der Waals surface area contributed by atoms with Gasteiger partial charge in [0.15, 0.2) is 0 Å². The summed E-state index contributed by atoms with van der Waals surface area (Å²) in [7, 11) is 2.59. The first-order valence-electron chi connectivity index (χ1n) is 6.90. The summed E-state index contributed by atoms with van der Waals surface area (Å²) >= 11 is 0. The molecule has 4 atom stereocenters. The molecule has 6 nitrogen and oxygen atoms in total. The van der Waals surface area contributed by atoms with E-state index in [4.69, 9.17) is 14.2 Å². The third-order valence-corrected chi connectivity index (χ3v) is 5.74. The van der Waals surface area contributed by atoms with Crippen molar-refractivity contribution in [2.24, 2.45) is 16.7 Å². The van der Waals surface area contributed by atoms with E-state index in [-0.39, 0.29) is 5.92 Å². The van der Waals surface area contributed by atoms with Crippen molar-refractivity contribution < 1.29 is 28.6 Å². The summed E-state index contributed by atoms with van der Waals surface area (Å²) in [6.45, 7) is 3.50. The summed E-state index contributed by atoms with van der Waals surface area (Å²) in [5, 5.41) is 0. The largest absolute Gasteiger partial charge is 0.469 e. The first kappa shape index (κ1) is 14.1. The Balaban J connectivity index is 2.20. The van der Waals surface area contributed by atoms with Gasteiger partial charge >= 0.3 is 17.9 Å². The minimum Gasteiger partial charge on any atom is -0.469 e. The highest BCUT2D eigenvalue weighted by molar-refractivity contribution is 5.98. The van der Waals surface area contributed by atoms with Gasteiger partial charge in [-0.15, -0.1) is 0 Å². The van der Waals surface area contributed by atoms with Gasteiger partial charge in [0.05, 0.1) is 19.6 Å². The molecule has 0 bridgehead atoms. The fraction of sp³-hybridized carbons (Fsp3) is 0.667.